The van der Waals surface area contributed by atoms with Crippen molar-refractivity contribution in [1.82, 2.24) is 0 Å². The molecule has 0 amide bonds. The van der Waals surface area contributed by atoms with Crippen LogP contribution < -0.4 is 0 Å². The highest BCUT2D eigenvalue weighted by atomic mass is 16.7. The number of carbonyl (C=O) groups is 1. The van der Waals surface area contributed by atoms with Crippen LogP contribution in [0.5, 0.6) is 0 Å². The minimum Gasteiger partial charge on any atom is -0.459 e. The first-order valence-electron chi connectivity index (χ1n) is 3.95. The van der Waals surface area contributed by atoms with Crippen LogP contribution in [0.25, 0.3) is 0 Å². The number of aliphatic hydroxyl groups excluding tert-OH is 1. The zero-order valence-corrected chi connectivity index (χ0v) is 7.61. The van der Waals surface area contributed by atoms with E-state index in [1.807, 2.05) is 0 Å². The fourth-order valence-corrected chi connectivity index (χ4v) is 0.792. The summed E-state index contributed by atoms with van der Waals surface area (Å²) in [5, 5.41) is 8.64. The van der Waals surface area contributed by atoms with Crippen molar-refractivity contribution in [2.45, 2.75) is 20.1 Å². The molecule has 0 aromatic heterocycles. The number of esters is 1. The van der Waals surface area contributed by atoms with E-state index >= 15 is 0 Å². The van der Waals surface area contributed by atoms with Gasteiger partial charge in [0.1, 0.15) is 0 Å². The SMILES string of the molecule is CC1=CC(O/C=C(\C)CO)OC1=O. The average Bonchev–Trinajstić information content (AvgIpc) is 2.42. The van der Waals surface area contributed by atoms with Crippen molar-refractivity contribution in [3.63, 3.8) is 0 Å². The summed E-state index contributed by atoms with van der Waals surface area (Å²) in [6.07, 6.45) is 2.32. The third-order valence-corrected chi connectivity index (χ3v) is 1.58. The maximum Gasteiger partial charge on any atom is 0.336 e. The number of hydrogen-bond donors (Lipinski definition) is 1. The Morgan fingerprint density at radius 3 is 3.00 bits per heavy atom. The van der Waals surface area contributed by atoms with Gasteiger partial charge in [0.05, 0.1) is 12.9 Å². The molecule has 4 nitrogen and oxygen atoms in total. The van der Waals surface area contributed by atoms with Gasteiger partial charge in [0, 0.05) is 11.6 Å². The third-order valence-electron chi connectivity index (χ3n) is 1.58. The number of rotatable bonds is 3. The number of hydrogen-bond acceptors (Lipinski definition) is 4. The Morgan fingerprint density at radius 1 is 1.85 bits per heavy atom. The van der Waals surface area contributed by atoms with E-state index in [2.05, 4.69) is 0 Å². The van der Waals surface area contributed by atoms with Gasteiger partial charge in [0.2, 0.25) is 0 Å². The molecular weight excluding hydrogens is 172 g/mol. The van der Waals surface area contributed by atoms with Crippen LogP contribution in [0.2, 0.25) is 0 Å². The lowest BCUT2D eigenvalue weighted by atomic mass is 10.3. The summed E-state index contributed by atoms with van der Waals surface area (Å²) in [5.41, 5.74) is 1.22. The molecule has 0 saturated heterocycles. The van der Waals surface area contributed by atoms with Gasteiger partial charge in [-0.05, 0) is 19.4 Å². The number of ether oxygens (including phenoxy) is 2. The van der Waals surface area contributed by atoms with Crippen molar-refractivity contribution in [3.8, 4) is 0 Å². The van der Waals surface area contributed by atoms with Crippen LogP contribution in [0.15, 0.2) is 23.5 Å². The van der Waals surface area contributed by atoms with Crippen LogP contribution in [0.3, 0.4) is 0 Å². The monoisotopic (exact) mass is 184 g/mol. The first-order chi connectivity index (χ1) is 6.13. The molecule has 1 N–H and O–H groups in total. The van der Waals surface area contributed by atoms with E-state index in [4.69, 9.17) is 14.6 Å². The molecule has 1 rings (SSSR count). The highest BCUT2D eigenvalue weighted by Crippen LogP contribution is 2.14. The molecule has 0 fully saturated rings. The van der Waals surface area contributed by atoms with Crippen molar-refractivity contribution in [1.29, 1.82) is 0 Å². The summed E-state index contributed by atoms with van der Waals surface area (Å²) in [6, 6.07) is 0. The normalized spacial score (nSPS) is 22.7. The van der Waals surface area contributed by atoms with Crippen LogP contribution in [0, 0.1) is 0 Å². The topological polar surface area (TPSA) is 55.8 Å². The van der Waals surface area contributed by atoms with E-state index in [0.717, 1.165) is 0 Å². The molecule has 13 heavy (non-hydrogen) atoms. The zero-order chi connectivity index (χ0) is 9.84. The Kier molecular flexibility index (Phi) is 3.08. The first kappa shape index (κ1) is 9.80. The number of cyclic esters (lactones) is 1. The summed E-state index contributed by atoms with van der Waals surface area (Å²) in [4.78, 5) is 10.9. The molecule has 0 aromatic rings. The minimum atomic E-state index is -0.644. The summed E-state index contributed by atoms with van der Waals surface area (Å²) in [7, 11) is 0. The largest absolute Gasteiger partial charge is 0.459 e. The fraction of sp³-hybridized carbons (Fsp3) is 0.444. The van der Waals surface area contributed by atoms with Crippen molar-refractivity contribution in [2.24, 2.45) is 0 Å². The van der Waals surface area contributed by atoms with E-state index in [1.165, 1.54) is 6.26 Å². The van der Waals surface area contributed by atoms with Gasteiger partial charge in [-0.15, -0.1) is 0 Å². The molecule has 1 atom stereocenters. The molecule has 1 heterocycles. The smallest absolute Gasteiger partial charge is 0.336 e. The highest BCUT2D eigenvalue weighted by molar-refractivity contribution is 5.89. The van der Waals surface area contributed by atoms with Gasteiger partial charge in [0.25, 0.3) is 6.29 Å². The predicted molar refractivity (Wildman–Crippen MR) is 45.6 cm³/mol. The molecule has 4 heteroatoms. The molecular formula is C9H12O4. The summed E-state index contributed by atoms with van der Waals surface area (Å²) in [6.45, 7) is 3.31. The van der Waals surface area contributed by atoms with E-state index in [1.54, 1.807) is 19.9 Å². The molecule has 0 aliphatic carbocycles. The van der Waals surface area contributed by atoms with Crippen LogP contribution in [-0.2, 0) is 14.3 Å². The van der Waals surface area contributed by atoms with Crippen molar-refractivity contribution < 1.29 is 19.4 Å². The Morgan fingerprint density at radius 2 is 2.54 bits per heavy atom. The van der Waals surface area contributed by atoms with Crippen LogP contribution in [0.1, 0.15) is 13.8 Å². The van der Waals surface area contributed by atoms with Crippen LogP contribution in [0.4, 0.5) is 0 Å². The molecule has 0 bridgehead atoms. The van der Waals surface area contributed by atoms with Gasteiger partial charge >= 0.3 is 5.97 Å². The van der Waals surface area contributed by atoms with E-state index < -0.39 is 6.29 Å². The molecule has 72 valence electrons. The third kappa shape index (κ3) is 2.59. The lowest BCUT2D eigenvalue weighted by Gasteiger charge is -2.07. The van der Waals surface area contributed by atoms with Crippen molar-refractivity contribution in [2.75, 3.05) is 6.61 Å². The predicted octanol–water partition coefficient (Wildman–Crippen LogP) is 0.728. The van der Waals surface area contributed by atoms with Crippen LogP contribution >= 0.6 is 0 Å². The standard InChI is InChI=1S/C9H12O4/c1-6(4-10)5-12-8-3-7(2)9(11)13-8/h3,5,8,10H,4H2,1-2H3/b6-5+. The van der Waals surface area contributed by atoms with E-state index in [0.29, 0.717) is 11.1 Å². The van der Waals surface area contributed by atoms with E-state index in [-0.39, 0.29) is 12.6 Å². The highest BCUT2D eigenvalue weighted by Gasteiger charge is 2.22. The molecule has 0 spiro atoms. The van der Waals surface area contributed by atoms with Gasteiger partial charge in [0.15, 0.2) is 0 Å². The van der Waals surface area contributed by atoms with Crippen LogP contribution in [-0.4, -0.2) is 24.0 Å². The Hall–Kier alpha value is -1.29. The number of aliphatic hydroxyl groups is 1. The van der Waals surface area contributed by atoms with Crippen molar-refractivity contribution in [3.05, 3.63) is 23.5 Å². The summed E-state index contributed by atoms with van der Waals surface area (Å²) >= 11 is 0. The second kappa shape index (κ2) is 4.09. The summed E-state index contributed by atoms with van der Waals surface area (Å²) in [5.74, 6) is -0.361. The Balaban J connectivity index is 2.46. The summed E-state index contributed by atoms with van der Waals surface area (Å²) < 4.78 is 9.84. The Bertz CT molecular complexity index is 265. The quantitative estimate of drug-likeness (QED) is 0.519. The van der Waals surface area contributed by atoms with Gasteiger partial charge in [-0.1, -0.05) is 0 Å². The lowest BCUT2D eigenvalue weighted by Crippen LogP contribution is -2.09. The molecule has 0 radical (unpaired) electrons. The molecule has 1 aliphatic heterocycles. The Labute approximate surface area is 76.5 Å². The zero-order valence-electron chi connectivity index (χ0n) is 7.61. The maximum absolute atomic E-state index is 10.9. The van der Waals surface area contributed by atoms with Crippen molar-refractivity contribution >= 4 is 5.97 Å². The van der Waals surface area contributed by atoms with Gasteiger partial charge in [-0.25, -0.2) is 4.79 Å². The molecule has 0 saturated carbocycles. The lowest BCUT2D eigenvalue weighted by molar-refractivity contribution is -0.152. The first-order valence-corrected chi connectivity index (χ1v) is 3.95. The second-order valence-electron chi connectivity index (χ2n) is 2.88. The number of carbonyl (C=O) groups excluding carboxylic acids is 1. The van der Waals surface area contributed by atoms with E-state index in [9.17, 15) is 4.79 Å². The molecule has 0 aromatic carbocycles. The average molecular weight is 184 g/mol. The fourth-order valence-electron chi connectivity index (χ4n) is 0.792. The van der Waals surface area contributed by atoms with Gasteiger partial charge in [-0.3, -0.25) is 0 Å². The molecule has 1 aliphatic rings. The van der Waals surface area contributed by atoms with Gasteiger partial charge < -0.3 is 14.6 Å². The maximum atomic E-state index is 10.9. The minimum absolute atomic E-state index is 0.0661. The van der Waals surface area contributed by atoms with Gasteiger partial charge in [-0.2, -0.15) is 0 Å². The molecule has 1 unspecified atom stereocenters. The second-order valence-corrected chi connectivity index (χ2v) is 2.88.